The molecule has 1 N–H and O–H groups in total. The second-order valence-electron chi connectivity index (χ2n) is 4.04. The minimum Gasteiger partial charge on any atom is -0.212 e. The molecule has 1 aliphatic heterocycles. The summed E-state index contributed by atoms with van der Waals surface area (Å²) in [5, 5.41) is 0. The first-order valence-corrected chi connectivity index (χ1v) is 6.39. The molecule has 3 nitrogen and oxygen atoms in total. The number of benzene rings is 1. The lowest BCUT2D eigenvalue weighted by Gasteiger charge is -2.07. The summed E-state index contributed by atoms with van der Waals surface area (Å²) in [6.45, 7) is 0. The van der Waals surface area contributed by atoms with Gasteiger partial charge in [0.2, 0.25) is 10.0 Å². The molecule has 1 aromatic carbocycles. The van der Waals surface area contributed by atoms with Crippen molar-refractivity contribution in [3.8, 4) is 0 Å². The molecule has 3 rings (SSSR count). The molecule has 0 bridgehead atoms. The van der Waals surface area contributed by atoms with Crippen molar-refractivity contribution >= 4 is 10.0 Å². The lowest BCUT2D eigenvalue weighted by molar-refractivity contribution is 0.523. The van der Waals surface area contributed by atoms with E-state index in [-0.39, 0.29) is 17.7 Å². The van der Waals surface area contributed by atoms with Crippen LogP contribution in [-0.4, -0.2) is 14.2 Å². The van der Waals surface area contributed by atoms with Crippen LogP contribution in [0.15, 0.2) is 24.3 Å². The van der Waals surface area contributed by atoms with Crippen molar-refractivity contribution in [2.24, 2.45) is 5.92 Å². The second kappa shape index (κ2) is 2.58. The first kappa shape index (κ1) is 8.44. The molecule has 0 saturated carbocycles. The largest absolute Gasteiger partial charge is 0.212 e. The Hall–Kier alpha value is -0.870. The minimum atomic E-state index is -3.00. The smallest absolute Gasteiger partial charge is 0.212 e. The van der Waals surface area contributed by atoms with Crippen LogP contribution in [0.3, 0.4) is 0 Å². The summed E-state index contributed by atoms with van der Waals surface area (Å²) in [6.07, 6.45) is 0.896. The highest BCUT2D eigenvalue weighted by atomic mass is 32.2. The molecule has 1 fully saturated rings. The van der Waals surface area contributed by atoms with E-state index in [9.17, 15) is 8.42 Å². The monoisotopic (exact) mass is 209 g/mol. The van der Waals surface area contributed by atoms with Crippen molar-refractivity contribution in [2.45, 2.75) is 12.5 Å². The van der Waals surface area contributed by atoms with Crippen LogP contribution < -0.4 is 4.72 Å². The van der Waals surface area contributed by atoms with Crippen molar-refractivity contribution < 1.29 is 8.42 Å². The first-order chi connectivity index (χ1) is 6.66. The molecule has 0 amide bonds. The second-order valence-corrected chi connectivity index (χ2v) is 5.84. The van der Waals surface area contributed by atoms with Gasteiger partial charge in [-0.1, -0.05) is 24.3 Å². The summed E-state index contributed by atoms with van der Waals surface area (Å²) < 4.78 is 25.4. The van der Waals surface area contributed by atoms with E-state index < -0.39 is 10.0 Å². The van der Waals surface area contributed by atoms with Crippen LogP contribution in [0.25, 0.3) is 0 Å². The van der Waals surface area contributed by atoms with Gasteiger partial charge in [-0.15, -0.1) is 0 Å². The van der Waals surface area contributed by atoms with Crippen LogP contribution in [0, 0.1) is 5.92 Å². The number of hydrogen-bond acceptors (Lipinski definition) is 2. The number of fused-ring (bicyclic) bond motifs is 3. The standard InChI is InChI=1S/C10H11NO2S/c12-14(13)6-8-5-7-3-1-2-4-9(7)10(8)11-14/h1-4,8,10-11H,5-6H2/t8-,10+/m0/s1. The van der Waals surface area contributed by atoms with Gasteiger partial charge in [-0.25, -0.2) is 13.1 Å². The quantitative estimate of drug-likeness (QED) is 0.688. The average Bonchev–Trinajstić information content (AvgIpc) is 2.56. The van der Waals surface area contributed by atoms with Gasteiger partial charge in [0.15, 0.2) is 0 Å². The van der Waals surface area contributed by atoms with Gasteiger partial charge in [-0.3, -0.25) is 0 Å². The van der Waals surface area contributed by atoms with E-state index in [0.717, 1.165) is 6.42 Å². The molecule has 74 valence electrons. The predicted molar refractivity (Wildman–Crippen MR) is 53.3 cm³/mol. The zero-order chi connectivity index (χ0) is 9.76. The van der Waals surface area contributed by atoms with E-state index in [1.165, 1.54) is 11.1 Å². The summed E-state index contributed by atoms with van der Waals surface area (Å²) in [6, 6.07) is 8.12. The molecular weight excluding hydrogens is 198 g/mol. The Morgan fingerprint density at radius 1 is 1.29 bits per heavy atom. The van der Waals surface area contributed by atoms with E-state index >= 15 is 0 Å². The highest BCUT2D eigenvalue weighted by molar-refractivity contribution is 7.89. The van der Waals surface area contributed by atoms with E-state index in [1.807, 2.05) is 18.2 Å². The fourth-order valence-electron chi connectivity index (χ4n) is 2.52. The molecule has 0 unspecified atom stereocenters. The molecule has 2 atom stereocenters. The highest BCUT2D eigenvalue weighted by Crippen LogP contribution is 2.40. The Kier molecular flexibility index (Phi) is 1.56. The van der Waals surface area contributed by atoms with Crippen molar-refractivity contribution in [3.63, 3.8) is 0 Å². The minimum absolute atomic E-state index is 0.0381. The van der Waals surface area contributed by atoms with Gasteiger partial charge in [0.1, 0.15) is 0 Å². The summed E-state index contributed by atoms with van der Waals surface area (Å²) in [4.78, 5) is 0. The zero-order valence-corrected chi connectivity index (χ0v) is 8.42. The molecule has 0 radical (unpaired) electrons. The summed E-state index contributed by atoms with van der Waals surface area (Å²) in [7, 11) is -3.00. The molecular formula is C10H11NO2S. The highest BCUT2D eigenvalue weighted by Gasteiger charge is 2.42. The van der Waals surface area contributed by atoms with Gasteiger partial charge in [-0.2, -0.15) is 0 Å². The fourth-order valence-corrected chi connectivity index (χ4v) is 4.19. The van der Waals surface area contributed by atoms with Crippen molar-refractivity contribution in [3.05, 3.63) is 35.4 Å². The van der Waals surface area contributed by atoms with Crippen molar-refractivity contribution in [2.75, 3.05) is 5.75 Å². The molecule has 4 heteroatoms. The molecule has 0 aromatic heterocycles. The third-order valence-electron chi connectivity index (χ3n) is 3.08. The molecule has 2 aliphatic rings. The number of sulfonamides is 1. The maximum Gasteiger partial charge on any atom is 0.212 e. The van der Waals surface area contributed by atoms with Gasteiger partial charge < -0.3 is 0 Å². The Bertz CT molecular complexity index is 481. The Morgan fingerprint density at radius 2 is 2.07 bits per heavy atom. The van der Waals surface area contributed by atoms with Crippen LogP contribution in [0.5, 0.6) is 0 Å². The summed E-state index contributed by atoms with van der Waals surface area (Å²) >= 11 is 0. The molecule has 14 heavy (non-hydrogen) atoms. The Morgan fingerprint density at radius 3 is 2.93 bits per heavy atom. The number of nitrogens with one attached hydrogen (secondary N) is 1. The molecule has 1 heterocycles. The zero-order valence-electron chi connectivity index (χ0n) is 7.60. The maximum atomic E-state index is 11.3. The lowest BCUT2D eigenvalue weighted by Crippen LogP contribution is -2.19. The van der Waals surface area contributed by atoms with Gasteiger partial charge in [-0.05, 0) is 23.5 Å². The normalized spacial score (nSPS) is 32.6. The van der Waals surface area contributed by atoms with Gasteiger partial charge >= 0.3 is 0 Å². The molecule has 1 saturated heterocycles. The van der Waals surface area contributed by atoms with Crippen LogP contribution in [0.1, 0.15) is 17.2 Å². The Labute approximate surface area is 83.2 Å². The molecule has 1 aromatic rings. The fraction of sp³-hybridized carbons (Fsp3) is 0.400. The summed E-state index contributed by atoms with van der Waals surface area (Å²) in [5.41, 5.74) is 2.46. The average molecular weight is 209 g/mol. The van der Waals surface area contributed by atoms with E-state index in [1.54, 1.807) is 0 Å². The summed E-state index contributed by atoms with van der Waals surface area (Å²) in [5.74, 6) is 0.532. The SMILES string of the molecule is O=S1(=O)C[C@@H]2Cc3ccccc3[C@@H]2N1. The predicted octanol–water partition coefficient (Wildman–Crippen LogP) is 0.833. The van der Waals surface area contributed by atoms with Crippen LogP contribution in [0.4, 0.5) is 0 Å². The van der Waals surface area contributed by atoms with Crippen molar-refractivity contribution in [1.29, 1.82) is 0 Å². The molecule has 0 spiro atoms. The maximum absolute atomic E-state index is 11.3. The van der Waals surface area contributed by atoms with Crippen LogP contribution in [0.2, 0.25) is 0 Å². The third-order valence-corrected chi connectivity index (χ3v) is 4.56. The van der Waals surface area contributed by atoms with Gasteiger partial charge in [0, 0.05) is 0 Å². The van der Waals surface area contributed by atoms with E-state index in [2.05, 4.69) is 10.8 Å². The van der Waals surface area contributed by atoms with E-state index in [0.29, 0.717) is 0 Å². The number of hydrogen-bond donors (Lipinski definition) is 1. The Balaban J connectivity index is 2.08. The first-order valence-electron chi connectivity index (χ1n) is 4.73. The lowest BCUT2D eigenvalue weighted by atomic mass is 10.0. The number of rotatable bonds is 0. The van der Waals surface area contributed by atoms with E-state index in [4.69, 9.17) is 0 Å². The van der Waals surface area contributed by atoms with Crippen LogP contribution >= 0.6 is 0 Å². The molecule has 1 aliphatic carbocycles. The van der Waals surface area contributed by atoms with Gasteiger partial charge in [0.05, 0.1) is 11.8 Å². The van der Waals surface area contributed by atoms with Gasteiger partial charge in [0.25, 0.3) is 0 Å². The topological polar surface area (TPSA) is 46.2 Å². The third kappa shape index (κ3) is 1.11. The van der Waals surface area contributed by atoms with Crippen molar-refractivity contribution in [1.82, 2.24) is 4.72 Å². The van der Waals surface area contributed by atoms with Crippen LogP contribution in [-0.2, 0) is 16.4 Å².